The van der Waals surface area contributed by atoms with Gasteiger partial charge in [0.15, 0.2) is 0 Å². The molecular weight excluding hydrogens is 202 g/mol. The van der Waals surface area contributed by atoms with Crippen LogP contribution in [0.3, 0.4) is 0 Å². The maximum absolute atomic E-state index is 10.8. The van der Waals surface area contributed by atoms with E-state index in [9.17, 15) is 4.79 Å². The van der Waals surface area contributed by atoms with Crippen molar-refractivity contribution in [1.82, 2.24) is 5.32 Å². The van der Waals surface area contributed by atoms with Crippen molar-refractivity contribution >= 4 is 17.6 Å². The fraction of sp³-hybridized carbons (Fsp3) is 0.300. The zero-order valence-corrected chi connectivity index (χ0v) is 8.21. The molecule has 0 aliphatic carbocycles. The first-order valence-electron chi connectivity index (χ1n) is 4.44. The van der Waals surface area contributed by atoms with E-state index >= 15 is 0 Å². The van der Waals surface area contributed by atoms with Crippen LogP contribution in [0, 0.1) is 0 Å². The first kappa shape index (κ1) is 9.49. The largest absolute Gasteiger partial charge is 0.478 e. The predicted molar refractivity (Wildman–Crippen MR) is 53.8 cm³/mol. The molecule has 0 aromatic heterocycles. The number of rotatable bonds is 2. The average Bonchev–Trinajstić information content (AvgIpc) is 2.04. The number of carboxylic acid groups (broad SMARTS) is 1. The molecule has 1 aliphatic heterocycles. The molecule has 1 aromatic rings. The molecule has 0 amide bonds. The van der Waals surface area contributed by atoms with Gasteiger partial charge >= 0.3 is 5.97 Å². The molecule has 3 nitrogen and oxygen atoms in total. The van der Waals surface area contributed by atoms with Gasteiger partial charge in [-0.1, -0.05) is 17.7 Å². The Labute approximate surface area is 86.7 Å². The summed E-state index contributed by atoms with van der Waals surface area (Å²) in [6, 6.07) is 5.44. The zero-order chi connectivity index (χ0) is 10.1. The summed E-state index contributed by atoms with van der Waals surface area (Å²) in [7, 11) is 0. The van der Waals surface area contributed by atoms with Gasteiger partial charge in [-0.15, -0.1) is 0 Å². The molecule has 0 spiro atoms. The standard InChI is InChI=1S/C10H10ClNO2/c11-8-2-1-6(9-3-4-12-9)5-7(8)10(13)14/h1-2,5,9,12H,3-4H2,(H,13,14)/t9-/m0/s1. The van der Waals surface area contributed by atoms with Crippen LogP contribution in [-0.4, -0.2) is 17.6 Å². The van der Waals surface area contributed by atoms with Crippen LogP contribution in [0.5, 0.6) is 0 Å². The second-order valence-electron chi connectivity index (χ2n) is 3.34. The molecule has 0 saturated carbocycles. The van der Waals surface area contributed by atoms with Crippen LogP contribution in [0.2, 0.25) is 5.02 Å². The van der Waals surface area contributed by atoms with Crippen molar-refractivity contribution in [3.8, 4) is 0 Å². The number of benzene rings is 1. The lowest BCUT2D eigenvalue weighted by Gasteiger charge is -2.28. The Bertz CT molecular complexity index is 374. The van der Waals surface area contributed by atoms with Crippen molar-refractivity contribution in [2.75, 3.05) is 6.54 Å². The minimum absolute atomic E-state index is 0.179. The Morgan fingerprint density at radius 3 is 2.79 bits per heavy atom. The van der Waals surface area contributed by atoms with Gasteiger partial charge in [-0.3, -0.25) is 0 Å². The van der Waals surface area contributed by atoms with Gasteiger partial charge < -0.3 is 10.4 Å². The van der Waals surface area contributed by atoms with E-state index < -0.39 is 5.97 Å². The highest BCUT2D eigenvalue weighted by Gasteiger charge is 2.20. The van der Waals surface area contributed by atoms with Gasteiger partial charge in [0, 0.05) is 6.04 Å². The van der Waals surface area contributed by atoms with Crippen LogP contribution in [0.1, 0.15) is 28.4 Å². The third-order valence-electron chi connectivity index (χ3n) is 2.45. The second kappa shape index (κ2) is 3.59. The third-order valence-corrected chi connectivity index (χ3v) is 2.78. The minimum Gasteiger partial charge on any atom is -0.478 e. The van der Waals surface area contributed by atoms with Gasteiger partial charge in [-0.2, -0.15) is 0 Å². The van der Waals surface area contributed by atoms with Crippen molar-refractivity contribution in [3.05, 3.63) is 34.3 Å². The highest BCUT2D eigenvalue weighted by Crippen LogP contribution is 2.26. The molecule has 4 heteroatoms. The molecule has 14 heavy (non-hydrogen) atoms. The fourth-order valence-electron chi connectivity index (χ4n) is 1.50. The van der Waals surface area contributed by atoms with Gasteiger partial charge in [-0.05, 0) is 30.7 Å². The average molecular weight is 212 g/mol. The molecule has 1 saturated heterocycles. The Balaban J connectivity index is 2.34. The summed E-state index contributed by atoms with van der Waals surface area (Å²) in [5.41, 5.74) is 1.18. The summed E-state index contributed by atoms with van der Waals surface area (Å²) >= 11 is 5.76. The highest BCUT2D eigenvalue weighted by atomic mass is 35.5. The number of carboxylic acids is 1. The summed E-state index contributed by atoms with van der Waals surface area (Å²) in [5.74, 6) is -0.976. The Hall–Kier alpha value is -1.06. The van der Waals surface area contributed by atoms with E-state index in [1.165, 1.54) is 0 Å². The molecule has 1 atom stereocenters. The first-order chi connectivity index (χ1) is 6.68. The topological polar surface area (TPSA) is 49.3 Å². The van der Waals surface area contributed by atoms with E-state index in [1.54, 1.807) is 12.1 Å². The number of hydrogen-bond donors (Lipinski definition) is 2. The van der Waals surface area contributed by atoms with Gasteiger partial charge in [0.2, 0.25) is 0 Å². The summed E-state index contributed by atoms with van der Waals surface area (Å²) in [6.07, 6.45) is 1.06. The van der Waals surface area contributed by atoms with Crippen molar-refractivity contribution in [2.24, 2.45) is 0 Å². The summed E-state index contributed by atoms with van der Waals surface area (Å²) < 4.78 is 0. The molecule has 0 bridgehead atoms. The second-order valence-corrected chi connectivity index (χ2v) is 3.75. The smallest absolute Gasteiger partial charge is 0.337 e. The van der Waals surface area contributed by atoms with E-state index in [2.05, 4.69) is 5.32 Å². The Morgan fingerprint density at radius 1 is 1.57 bits per heavy atom. The quantitative estimate of drug-likeness (QED) is 0.788. The summed E-state index contributed by atoms with van der Waals surface area (Å²) in [6.45, 7) is 0.996. The van der Waals surface area contributed by atoms with E-state index in [0.29, 0.717) is 11.1 Å². The zero-order valence-electron chi connectivity index (χ0n) is 7.46. The van der Waals surface area contributed by atoms with Crippen LogP contribution < -0.4 is 5.32 Å². The minimum atomic E-state index is -0.976. The van der Waals surface area contributed by atoms with Gasteiger partial charge in [0.05, 0.1) is 10.6 Å². The van der Waals surface area contributed by atoms with Crippen LogP contribution >= 0.6 is 11.6 Å². The Morgan fingerprint density at radius 2 is 2.29 bits per heavy atom. The van der Waals surface area contributed by atoms with Gasteiger partial charge in [0.1, 0.15) is 0 Å². The number of nitrogens with one attached hydrogen (secondary N) is 1. The lowest BCUT2D eigenvalue weighted by atomic mass is 9.96. The van der Waals surface area contributed by atoms with Gasteiger partial charge in [-0.25, -0.2) is 4.79 Å². The van der Waals surface area contributed by atoms with Crippen molar-refractivity contribution in [2.45, 2.75) is 12.5 Å². The molecule has 1 heterocycles. The van der Waals surface area contributed by atoms with E-state index in [4.69, 9.17) is 16.7 Å². The number of carbonyl (C=O) groups is 1. The maximum atomic E-state index is 10.8. The molecule has 2 rings (SSSR count). The van der Waals surface area contributed by atoms with Crippen LogP contribution in [0.15, 0.2) is 18.2 Å². The van der Waals surface area contributed by atoms with Gasteiger partial charge in [0.25, 0.3) is 0 Å². The van der Waals surface area contributed by atoms with Crippen molar-refractivity contribution in [1.29, 1.82) is 0 Å². The van der Waals surface area contributed by atoms with E-state index in [0.717, 1.165) is 18.5 Å². The fourth-order valence-corrected chi connectivity index (χ4v) is 1.70. The van der Waals surface area contributed by atoms with Crippen LogP contribution in [0.25, 0.3) is 0 Å². The SMILES string of the molecule is O=C(O)c1cc([C@@H]2CCN2)ccc1Cl. The Kier molecular flexibility index (Phi) is 2.44. The summed E-state index contributed by atoms with van der Waals surface area (Å²) in [5, 5.41) is 12.4. The molecule has 0 unspecified atom stereocenters. The number of aromatic carboxylic acids is 1. The molecule has 1 aliphatic rings. The molecule has 2 N–H and O–H groups in total. The number of halogens is 1. The predicted octanol–water partition coefficient (Wildman–Crippen LogP) is 2.07. The lowest BCUT2D eigenvalue weighted by molar-refractivity contribution is 0.0697. The van der Waals surface area contributed by atoms with Crippen molar-refractivity contribution in [3.63, 3.8) is 0 Å². The van der Waals surface area contributed by atoms with Crippen LogP contribution in [-0.2, 0) is 0 Å². The number of hydrogen-bond acceptors (Lipinski definition) is 2. The molecule has 1 fully saturated rings. The first-order valence-corrected chi connectivity index (χ1v) is 4.82. The van der Waals surface area contributed by atoms with E-state index in [-0.39, 0.29) is 5.56 Å². The molecular formula is C10H10ClNO2. The molecule has 1 aromatic carbocycles. The lowest BCUT2D eigenvalue weighted by Crippen LogP contribution is -2.35. The normalized spacial score (nSPS) is 20.2. The van der Waals surface area contributed by atoms with Crippen LogP contribution in [0.4, 0.5) is 0 Å². The molecule has 74 valence electrons. The van der Waals surface area contributed by atoms with Crippen molar-refractivity contribution < 1.29 is 9.90 Å². The summed E-state index contributed by atoms with van der Waals surface area (Å²) in [4.78, 5) is 10.8. The third kappa shape index (κ3) is 1.61. The van der Waals surface area contributed by atoms with E-state index in [1.807, 2.05) is 6.07 Å². The highest BCUT2D eigenvalue weighted by molar-refractivity contribution is 6.33. The maximum Gasteiger partial charge on any atom is 0.337 e. The molecule has 0 radical (unpaired) electrons. The monoisotopic (exact) mass is 211 g/mol.